The standard InChI is InChI=1S/C39H45N3O9/c1-26-33(23-41-17-15-39(16-18-41)48-19-20-49-39)50-37(51-35(26)30-11-9-28(24-43)10-12-30)31-13-7-27(8-14-31)22-42-34(44)21-32(36(42)45)40-38(46)47-25-29-5-3-2-4-6-29/h2-14,26,32-33,35,37,43H,15-25H2,1H3,(H,40,46). The molecule has 1 spiro atoms. The molecule has 4 saturated heterocycles. The molecule has 5 atom stereocenters. The lowest BCUT2D eigenvalue weighted by Crippen LogP contribution is -2.50. The van der Waals surface area contributed by atoms with Gasteiger partial charge in [0.2, 0.25) is 5.91 Å². The number of alkyl carbamates (subject to hydrolysis) is 1. The Morgan fingerprint density at radius 3 is 2.24 bits per heavy atom. The first-order valence-electron chi connectivity index (χ1n) is 17.7. The number of likely N-dealkylation sites (tertiary alicyclic amines) is 2. The lowest BCUT2D eigenvalue weighted by Gasteiger charge is -2.44. The van der Waals surface area contributed by atoms with Crippen molar-refractivity contribution in [3.05, 3.63) is 107 Å². The number of aliphatic hydroxyl groups is 1. The summed E-state index contributed by atoms with van der Waals surface area (Å²) >= 11 is 0. The van der Waals surface area contributed by atoms with E-state index in [1.807, 2.05) is 78.9 Å². The Kier molecular flexibility index (Phi) is 10.8. The van der Waals surface area contributed by atoms with E-state index >= 15 is 0 Å². The highest BCUT2D eigenvalue weighted by Gasteiger charge is 2.43. The summed E-state index contributed by atoms with van der Waals surface area (Å²) < 4.78 is 30.4. The van der Waals surface area contributed by atoms with Crippen molar-refractivity contribution in [2.24, 2.45) is 5.92 Å². The summed E-state index contributed by atoms with van der Waals surface area (Å²) in [6.07, 6.45) is -0.265. The number of carbonyl (C=O) groups excluding carboxylic acids is 3. The van der Waals surface area contributed by atoms with Gasteiger partial charge in [0, 0.05) is 44.0 Å². The maximum atomic E-state index is 13.1. The van der Waals surface area contributed by atoms with E-state index in [1.54, 1.807) is 0 Å². The van der Waals surface area contributed by atoms with E-state index in [9.17, 15) is 19.5 Å². The van der Waals surface area contributed by atoms with Crippen molar-refractivity contribution in [2.75, 3.05) is 32.8 Å². The molecule has 4 aliphatic heterocycles. The third-order valence-electron chi connectivity index (χ3n) is 10.3. The first-order valence-corrected chi connectivity index (χ1v) is 17.7. The Morgan fingerprint density at radius 1 is 0.882 bits per heavy atom. The average molecular weight is 700 g/mol. The van der Waals surface area contributed by atoms with Gasteiger partial charge < -0.3 is 39.0 Å². The molecule has 3 aromatic rings. The second-order valence-corrected chi connectivity index (χ2v) is 13.8. The van der Waals surface area contributed by atoms with Crippen LogP contribution in [-0.4, -0.2) is 83.6 Å². The van der Waals surface area contributed by atoms with Gasteiger partial charge in [-0.15, -0.1) is 0 Å². The van der Waals surface area contributed by atoms with Gasteiger partial charge in [-0.1, -0.05) is 85.8 Å². The van der Waals surface area contributed by atoms with Gasteiger partial charge in [0.1, 0.15) is 12.6 Å². The summed E-state index contributed by atoms with van der Waals surface area (Å²) in [4.78, 5) is 41.9. The van der Waals surface area contributed by atoms with Crippen LogP contribution in [-0.2, 0) is 53.0 Å². The van der Waals surface area contributed by atoms with Gasteiger partial charge >= 0.3 is 6.09 Å². The van der Waals surface area contributed by atoms with Gasteiger partial charge in [0.15, 0.2) is 12.1 Å². The van der Waals surface area contributed by atoms with Crippen molar-refractivity contribution >= 4 is 17.9 Å². The van der Waals surface area contributed by atoms with E-state index in [-0.39, 0.29) is 50.2 Å². The highest BCUT2D eigenvalue weighted by Crippen LogP contribution is 2.42. The third-order valence-corrected chi connectivity index (χ3v) is 10.3. The summed E-state index contributed by atoms with van der Waals surface area (Å²) in [6.45, 7) is 5.98. The van der Waals surface area contributed by atoms with E-state index in [0.717, 1.165) is 60.3 Å². The lowest BCUT2D eigenvalue weighted by atomic mass is 9.89. The molecule has 2 N–H and O–H groups in total. The van der Waals surface area contributed by atoms with E-state index in [2.05, 4.69) is 17.1 Å². The number of hydrogen-bond acceptors (Lipinski definition) is 10. The van der Waals surface area contributed by atoms with Crippen LogP contribution in [0, 0.1) is 5.92 Å². The molecule has 0 bridgehead atoms. The maximum absolute atomic E-state index is 13.1. The predicted octanol–water partition coefficient (Wildman–Crippen LogP) is 4.36. The number of amides is 3. The Bertz CT molecular complexity index is 1650. The monoisotopic (exact) mass is 699 g/mol. The number of piperidine rings is 1. The van der Waals surface area contributed by atoms with Crippen LogP contribution in [0.15, 0.2) is 78.9 Å². The first kappa shape index (κ1) is 35.2. The van der Waals surface area contributed by atoms with E-state index in [4.69, 9.17) is 23.7 Å². The van der Waals surface area contributed by atoms with Gasteiger partial charge in [-0.25, -0.2) is 4.79 Å². The topological polar surface area (TPSA) is 136 Å². The SMILES string of the molecule is CC1C(CN2CCC3(CC2)OCCO3)OC(c2ccc(CN3C(=O)CC(NC(=O)OCc4ccccc4)C3=O)cc2)OC1c1ccc(CO)cc1. The molecule has 3 aromatic carbocycles. The molecular formula is C39H45N3O9. The van der Waals surface area contributed by atoms with Crippen molar-refractivity contribution in [2.45, 2.75) is 76.3 Å². The Labute approximate surface area is 297 Å². The minimum atomic E-state index is -0.977. The number of ether oxygens (including phenoxy) is 5. The third kappa shape index (κ3) is 8.17. The van der Waals surface area contributed by atoms with Crippen LogP contribution < -0.4 is 5.32 Å². The minimum Gasteiger partial charge on any atom is -0.445 e. The fourth-order valence-corrected chi connectivity index (χ4v) is 7.28. The van der Waals surface area contributed by atoms with Gasteiger partial charge in [-0.3, -0.25) is 14.5 Å². The van der Waals surface area contributed by atoms with Gasteiger partial charge in [-0.05, 0) is 22.3 Å². The number of carbonyl (C=O) groups is 3. The summed E-state index contributed by atoms with van der Waals surface area (Å²) in [5.41, 5.74) is 4.23. The van der Waals surface area contributed by atoms with E-state index in [0.29, 0.717) is 13.2 Å². The van der Waals surface area contributed by atoms with Crippen LogP contribution in [0.1, 0.15) is 66.4 Å². The summed E-state index contributed by atoms with van der Waals surface area (Å²) in [6, 6.07) is 23.6. The van der Waals surface area contributed by atoms with Crippen molar-refractivity contribution < 1.29 is 43.2 Å². The number of nitrogens with one attached hydrogen (secondary N) is 1. The summed E-state index contributed by atoms with van der Waals surface area (Å²) in [5, 5.41) is 12.1. The quantitative estimate of drug-likeness (QED) is 0.294. The number of rotatable bonds is 10. The average Bonchev–Trinajstić information content (AvgIpc) is 3.72. The molecule has 0 aliphatic carbocycles. The van der Waals surface area contributed by atoms with Crippen molar-refractivity contribution in [3.8, 4) is 0 Å². The molecule has 5 unspecified atom stereocenters. The zero-order valence-electron chi connectivity index (χ0n) is 28.8. The number of benzene rings is 3. The molecule has 4 heterocycles. The lowest BCUT2D eigenvalue weighted by molar-refractivity contribution is -0.278. The van der Waals surface area contributed by atoms with Crippen molar-refractivity contribution in [1.82, 2.24) is 15.1 Å². The number of nitrogens with zero attached hydrogens (tertiary/aromatic N) is 2. The Balaban J connectivity index is 0.995. The summed E-state index contributed by atoms with van der Waals surface area (Å²) in [7, 11) is 0. The zero-order chi connectivity index (χ0) is 35.4. The van der Waals surface area contributed by atoms with Gasteiger partial charge in [-0.2, -0.15) is 0 Å². The smallest absolute Gasteiger partial charge is 0.408 e. The van der Waals surface area contributed by atoms with Crippen LogP contribution in [0.3, 0.4) is 0 Å². The van der Waals surface area contributed by atoms with Crippen LogP contribution in [0.2, 0.25) is 0 Å². The number of imide groups is 1. The second-order valence-electron chi connectivity index (χ2n) is 13.8. The van der Waals surface area contributed by atoms with Crippen LogP contribution in [0.5, 0.6) is 0 Å². The van der Waals surface area contributed by atoms with Crippen LogP contribution in [0.25, 0.3) is 0 Å². The van der Waals surface area contributed by atoms with E-state index in [1.165, 1.54) is 4.90 Å². The molecule has 4 aliphatic rings. The van der Waals surface area contributed by atoms with Gasteiger partial charge in [0.25, 0.3) is 5.91 Å². The van der Waals surface area contributed by atoms with Crippen LogP contribution in [0.4, 0.5) is 4.79 Å². The molecule has 0 saturated carbocycles. The molecule has 0 aromatic heterocycles. The van der Waals surface area contributed by atoms with Crippen molar-refractivity contribution in [1.29, 1.82) is 0 Å². The molecule has 0 radical (unpaired) electrons. The molecule has 12 nitrogen and oxygen atoms in total. The maximum Gasteiger partial charge on any atom is 0.408 e. The molecule has 3 amide bonds. The normalized spacial score (nSPS) is 26.5. The fourth-order valence-electron chi connectivity index (χ4n) is 7.28. The van der Waals surface area contributed by atoms with Gasteiger partial charge in [0.05, 0.1) is 45.0 Å². The molecule has 4 fully saturated rings. The number of aliphatic hydroxyl groups excluding tert-OH is 1. The molecule has 51 heavy (non-hydrogen) atoms. The number of hydrogen-bond donors (Lipinski definition) is 2. The molecule has 270 valence electrons. The Hall–Kier alpha value is -4.17. The highest BCUT2D eigenvalue weighted by atomic mass is 16.7. The minimum absolute atomic E-state index is 0.0287. The van der Waals surface area contributed by atoms with Crippen LogP contribution >= 0.6 is 0 Å². The predicted molar refractivity (Wildman–Crippen MR) is 183 cm³/mol. The molecular weight excluding hydrogens is 654 g/mol. The Morgan fingerprint density at radius 2 is 1.55 bits per heavy atom. The van der Waals surface area contributed by atoms with E-state index < -0.39 is 30.1 Å². The largest absolute Gasteiger partial charge is 0.445 e. The second kappa shape index (κ2) is 15.6. The first-order chi connectivity index (χ1) is 24.8. The molecule has 7 rings (SSSR count). The fraction of sp³-hybridized carbons (Fsp3) is 0.462. The zero-order valence-corrected chi connectivity index (χ0v) is 28.8. The van der Waals surface area contributed by atoms with Crippen molar-refractivity contribution in [3.63, 3.8) is 0 Å². The summed E-state index contributed by atoms with van der Waals surface area (Å²) in [5.74, 6) is -1.24. The molecule has 12 heteroatoms. The highest BCUT2D eigenvalue weighted by molar-refractivity contribution is 6.06.